The van der Waals surface area contributed by atoms with Gasteiger partial charge in [-0.3, -0.25) is 4.40 Å². The summed E-state index contributed by atoms with van der Waals surface area (Å²) in [6.45, 7) is 3.46. The van der Waals surface area contributed by atoms with E-state index in [1.54, 1.807) is 12.3 Å². The summed E-state index contributed by atoms with van der Waals surface area (Å²) in [5.41, 5.74) is 2.44. The van der Waals surface area contributed by atoms with E-state index in [9.17, 15) is 4.79 Å². The Bertz CT molecular complexity index is 1400. The molecular formula is C28H29ClN2O6S. The van der Waals surface area contributed by atoms with Gasteiger partial charge in [0.05, 0.1) is 35.5 Å². The minimum absolute atomic E-state index is 0.142. The first-order valence-electron chi connectivity index (χ1n) is 12.5. The number of nitrogens with zero attached hydrogens (tertiary/aromatic N) is 2. The monoisotopic (exact) mass is 556 g/mol. The van der Waals surface area contributed by atoms with Gasteiger partial charge >= 0.3 is 5.97 Å². The number of hydrogen-bond acceptors (Lipinski definition) is 8. The van der Waals surface area contributed by atoms with Crippen molar-refractivity contribution in [2.75, 3.05) is 26.9 Å². The molecule has 0 radical (unpaired) electrons. The largest absolute Gasteiger partial charge is 0.491 e. The average Bonchev–Trinajstić information content (AvgIpc) is 3.55. The van der Waals surface area contributed by atoms with Crippen LogP contribution in [0.2, 0.25) is 5.02 Å². The molecule has 38 heavy (non-hydrogen) atoms. The fourth-order valence-electron chi connectivity index (χ4n) is 4.30. The van der Waals surface area contributed by atoms with Gasteiger partial charge in [0, 0.05) is 24.4 Å². The van der Waals surface area contributed by atoms with Gasteiger partial charge in [-0.2, -0.15) is 0 Å². The number of pyridine rings is 1. The predicted octanol–water partition coefficient (Wildman–Crippen LogP) is 6.56. The molecule has 0 spiro atoms. The van der Waals surface area contributed by atoms with Crippen molar-refractivity contribution in [3.8, 4) is 22.1 Å². The van der Waals surface area contributed by atoms with E-state index in [1.165, 1.54) is 18.4 Å². The standard InChI is InChI=1S/C28H29ClN2O6S/c1-18(20-10-9-19(15-21(20)29)34-13-14-36-26-8-4-6-12-35-26)37-23-16-24(38-27(23)28(32)33-2)22-17-30-25-7-3-5-11-31(22)25/h3,5,7,9-11,15-18,26H,4,6,8,12-14H2,1-2H3/t18-,26?/m1/s1. The van der Waals surface area contributed by atoms with Crippen LogP contribution in [0.5, 0.6) is 11.5 Å². The van der Waals surface area contributed by atoms with E-state index in [0.29, 0.717) is 34.6 Å². The number of ether oxygens (including phenoxy) is 5. The maximum atomic E-state index is 12.6. The number of halogens is 1. The molecule has 4 heterocycles. The second kappa shape index (κ2) is 12.2. The van der Waals surface area contributed by atoms with E-state index in [2.05, 4.69) is 4.98 Å². The van der Waals surface area contributed by atoms with Crippen LogP contribution in [0.15, 0.2) is 54.9 Å². The summed E-state index contributed by atoms with van der Waals surface area (Å²) in [6.07, 6.45) is 6.25. The van der Waals surface area contributed by atoms with Gasteiger partial charge in [0.2, 0.25) is 0 Å². The van der Waals surface area contributed by atoms with Crippen LogP contribution in [0.25, 0.3) is 16.2 Å². The van der Waals surface area contributed by atoms with Gasteiger partial charge in [0.15, 0.2) is 11.2 Å². The highest BCUT2D eigenvalue weighted by molar-refractivity contribution is 7.17. The van der Waals surface area contributed by atoms with E-state index < -0.39 is 12.1 Å². The lowest BCUT2D eigenvalue weighted by atomic mass is 10.1. The summed E-state index contributed by atoms with van der Waals surface area (Å²) >= 11 is 7.89. The minimum atomic E-state index is -0.465. The second-order valence-corrected chi connectivity index (χ2v) is 10.3. The maximum Gasteiger partial charge on any atom is 0.351 e. The van der Waals surface area contributed by atoms with Crippen LogP contribution in [-0.2, 0) is 14.2 Å². The molecule has 0 amide bonds. The van der Waals surface area contributed by atoms with Crippen LogP contribution in [0.4, 0.5) is 0 Å². The van der Waals surface area contributed by atoms with Gasteiger partial charge in [-0.05, 0) is 50.5 Å². The molecule has 1 aromatic carbocycles. The number of carbonyl (C=O) groups excluding carboxylic acids is 1. The van der Waals surface area contributed by atoms with Gasteiger partial charge in [-0.15, -0.1) is 11.3 Å². The molecule has 1 saturated heterocycles. The Morgan fingerprint density at radius 1 is 1.24 bits per heavy atom. The molecular weight excluding hydrogens is 528 g/mol. The topological polar surface area (TPSA) is 80.5 Å². The summed E-state index contributed by atoms with van der Waals surface area (Å²) in [5, 5.41) is 0.503. The Kier molecular flexibility index (Phi) is 8.48. The van der Waals surface area contributed by atoms with Gasteiger partial charge < -0.3 is 23.7 Å². The van der Waals surface area contributed by atoms with E-state index in [1.807, 2.05) is 53.9 Å². The van der Waals surface area contributed by atoms with E-state index in [0.717, 1.165) is 47.7 Å². The van der Waals surface area contributed by atoms with E-state index in [4.69, 9.17) is 35.3 Å². The molecule has 4 aromatic rings. The van der Waals surface area contributed by atoms with Crippen molar-refractivity contribution in [1.29, 1.82) is 0 Å². The minimum Gasteiger partial charge on any atom is -0.491 e. The van der Waals surface area contributed by atoms with E-state index in [-0.39, 0.29) is 6.29 Å². The first kappa shape index (κ1) is 26.5. The number of carbonyl (C=O) groups is 1. The number of hydrogen-bond donors (Lipinski definition) is 0. The molecule has 3 aromatic heterocycles. The third-order valence-electron chi connectivity index (χ3n) is 6.25. The fraction of sp³-hybridized carbons (Fsp3) is 0.357. The van der Waals surface area contributed by atoms with Crippen molar-refractivity contribution >= 4 is 34.6 Å². The van der Waals surface area contributed by atoms with Crippen molar-refractivity contribution in [2.45, 2.75) is 38.6 Å². The smallest absolute Gasteiger partial charge is 0.351 e. The molecule has 0 aliphatic carbocycles. The van der Waals surface area contributed by atoms with Crippen LogP contribution in [0, 0.1) is 0 Å². The highest BCUT2D eigenvalue weighted by Gasteiger charge is 2.23. The van der Waals surface area contributed by atoms with E-state index >= 15 is 0 Å². The van der Waals surface area contributed by atoms with Crippen molar-refractivity contribution in [3.05, 3.63) is 70.3 Å². The normalized spacial score (nSPS) is 16.3. The number of fused-ring (bicyclic) bond motifs is 1. The zero-order valence-corrected chi connectivity index (χ0v) is 22.8. The summed E-state index contributed by atoms with van der Waals surface area (Å²) in [4.78, 5) is 18.2. The molecule has 0 N–H and O–H groups in total. The molecule has 1 aliphatic rings. The number of aromatic nitrogens is 2. The Hall–Kier alpha value is -3.11. The first-order valence-corrected chi connectivity index (χ1v) is 13.7. The zero-order chi connectivity index (χ0) is 26.5. The summed E-state index contributed by atoms with van der Waals surface area (Å²) in [7, 11) is 1.35. The molecule has 2 atom stereocenters. The summed E-state index contributed by atoms with van der Waals surface area (Å²) < 4.78 is 30.3. The molecule has 0 bridgehead atoms. The van der Waals surface area contributed by atoms with Crippen LogP contribution in [0.1, 0.15) is 47.5 Å². The summed E-state index contributed by atoms with van der Waals surface area (Å²) in [6, 6.07) is 13.1. The molecule has 8 nitrogen and oxygen atoms in total. The van der Waals surface area contributed by atoms with Crippen molar-refractivity contribution < 1.29 is 28.5 Å². The lowest BCUT2D eigenvalue weighted by Gasteiger charge is -2.22. The Morgan fingerprint density at radius 3 is 2.92 bits per heavy atom. The number of esters is 1. The number of rotatable bonds is 10. The molecule has 0 saturated carbocycles. The van der Waals surface area contributed by atoms with Crippen LogP contribution >= 0.6 is 22.9 Å². The molecule has 200 valence electrons. The van der Waals surface area contributed by atoms with Crippen molar-refractivity contribution in [3.63, 3.8) is 0 Å². The number of benzene rings is 1. The fourth-order valence-corrected chi connectivity index (χ4v) is 5.64. The van der Waals surface area contributed by atoms with Crippen molar-refractivity contribution in [2.24, 2.45) is 0 Å². The third-order valence-corrected chi connectivity index (χ3v) is 7.69. The van der Waals surface area contributed by atoms with Crippen molar-refractivity contribution in [1.82, 2.24) is 9.38 Å². The van der Waals surface area contributed by atoms with Gasteiger partial charge in [0.25, 0.3) is 0 Å². The predicted molar refractivity (Wildman–Crippen MR) is 145 cm³/mol. The number of methoxy groups -OCH3 is 1. The highest BCUT2D eigenvalue weighted by atomic mass is 35.5. The maximum absolute atomic E-state index is 12.6. The first-order chi connectivity index (χ1) is 18.5. The average molecular weight is 557 g/mol. The zero-order valence-electron chi connectivity index (χ0n) is 21.2. The van der Waals surface area contributed by atoms with Gasteiger partial charge in [-0.25, -0.2) is 9.78 Å². The second-order valence-electron chi connectivity index (χ2n) is 8.83. The number of imidazole rings is 1. The van der Waals surface area contributed by atoms with Crippen LogP contribution in [-0.4, -0.2) is 48.6 Å². The lowest BCUT2D eigenvalue weighted by Crippen LogP contribution is -2.24. The van der Waals surface area contributed by atoms with Crippen LogP contribution in [0.3, 0.4) is 0 Å². The molecule has 5 rings (SSSR count). The molecule has 1 fully saturated rings. The quantitative estimate of drug-likeness (QED) is 0.161. The Balaban J connectivity index is 1.27. The molecule has 10 heteroatoms. The number of thiophene rings is 1. The Labute approximate surface area is 230 Å². The summed E-state index contributed by atoms with van der Waals surface area (Å²) in [5.74, 6) is 0.599. The van der Waals surface area contributed by atoms with Crippen LogP contribution < -0.4 is 9.47 Å². The Morgan fingerprint density at radius 2 is 2.13 bits per heavy atom. The molecule has 1 unspecified atom stereocenters. The van der Waals surface area contributed by atoms with Gasteiger partial charge in [0.1, 0.15) is 29.9 Å². The lowest BCUT2D eigenvalue weighted by molar-refractivity contribution is -0.165. The third kappa shape index (κ3) is 5.96. The van der Waals surface area contributed by atoms with Gasteiger partial charge in [-0.1, -0.05) is 23.7 Å². The highest BCUT2D eigenvalue weighted by Crippen LogP contribution is 2.40. The SMILES string of the molecule is COC(=O)c1sc(-c2cnc3ccccn23)cc1O[C@H](C)c1ccc(OCCOC2CCCCO2)cc1Cl. The molecule has 1 aliphatic heterocycles.